The van der Waals surface area contributed by atoms with E-state index in [1.165, 1.54) is 29.3 Å². The van der Waals surface area contributed by atoms with Crippen LogP contribution < -0.4 is 10.6 Å². The molecule has 0 bridgehead atoms. The normalized spacial score (nSPS) is 13.9. The number of non-ortho nitro benzene ring substituents is 1. The first-order chi connectivity index (χ1) is 11.5. The first-order valence-electron chi connectivity index (χ1n) is 7.64. The average Bonchev–Trinajstić information content (AvgIpc) is 2.54. The summed E-state index contributed by atoms with van der Waals surface area (Å²) in [4.78, 5) is 24.6. The van der Waals surface area contributed by atoms with Gasteiger partial charge in [-0.2, -0.15) is 0 Å². The zero-order valence-electron chi connectivity index (χ0n) is 13.3. The molecule has 7 nitrogen and oxygen atoms in total. The Hall–Kier alpha value is -2.93. The van der Waals surface area contributed by atoms with Gasteiger partial charge in [0.15, 0.2) is 0 Å². The Bertz CT molecular complexity index is 791. The van der Waals surface area contributed by atoms with Crippen molar-refractivity contribution in [3.05, 3.63) is 63.7 Å². The topological polar surface area (TPSA) is 87.5 Å². The molecule has 0 fully saturated rings. The number of likely N-dealkylation sites (N-methyl/N-ethyl adjacent to an activating group) is 1. The van der Waals surface area contributed by atoms with Crippen LogP contribution in [0.25, 0.3) is 0 Å². The van der Waals surface area contributed by atoms with Gasteiger partial charge in [-0.1, -0.05) is 12.1 Å². The highest BCUT2D eigenvalue weighted by atomic mass is 16.6. The number of nitrogens with zero attached hydrogens (tertiary/aromatic N) is 2. The van der Waals surface area contributed by atoms with E-state index >= 15 is 0 Å². The van der Waals surface area contributed by atoms with Crippen LogP contribution in [0.2, 0.25) is 0 Å². The summed E-state index contributed by atoms with van der Waals surface area (Å²) in [7, 11) is 2.07. The molecule has 1 heterocycles. The molecule has 0 radical (unpaired) electrons. The standard InChI is InChI=1S/C17H18N4O3/c1-20-8-7-12-5-6-15(9-13(12)11-20)19-17(22)18-14-3-2-4-16(10-14)21(23)24/h2-6,9-10H,7-8,11H2,1H3,(H2,18,19,22). The van der Waals surface area contributed by atoms with Crippen LogP contribution >= 0.6 is 0 Å². The molecule has 124 valence electrons. The Morgan fingerprint density at radius 2 is 1.88 bits per heavy atom. The highest BCUT2D eigenvalue weighted by Crippen LogP contribution is 2.22. The average molecular weight is 326 g/mol. The number of benzene rings is 2. The van der Waals surface area contributed by atoms with Crippen LogP contribution in [0.4, 0.5) is 21.9 Å². The Morgan fingerprint density at radius 1 is 1.12 bits per heavy atom. The summed E-state index contributed by atoms with van der Waals surface area (Å²) in [5, 5.41) is 16.1. The SMILES string of the molecule is CN1CCc2ccc(NC(=O)Nc3cccc([N+](=O)[O-])c3)cc2C1. The Morgan fingerprint density at radius 3 is 2.62 bits per heavy atom. The molecule has 0 aromatic heterocycles. The van der Waals surface area contributed by atoms with E-state index in [-0.39, 0.29) is 5.69 Å². The van der Waals surface area contributed by atoms with Gasteiger partial charge in [0.05, 0.1) is 4.92 Å². The van der Waals surface area contributed by atoms with Gasteiger partial charge in [0, 0.05) is 36.6 Å². The fraction of sp³-hybridized carbons (Fsp3) is 0.235. The maximum atomic E-state index is 12.1. The minimum Gasteiger partial charge on any atom is -0.308 e. The van der Waals surface area contributed by atoms with E-state index in [9.17, 15) is 14.9 Å². The smallest absolute Gasteiger partial charge is 0.308 e. The van der Waals surface area contributed by atoms with E-state index in [0.29, 0.717) is 11.4 Å². The number of urea groups is 1. The van der Waals surface area contributed by atoms with Crippen LogP contribution in [0.5, 0.6) is 0 Å². The van der Waals surface area contributed by atoms with Crippen LogP contribution in [0.1, 0.15) is 11.1 Å². The molecule has 2 aromatic carbocycles. The number of rotatable bonds is 3. The van der Waals surface area contributed by atoms with Gasteiger partial charge >= 0.3 is 6.03 Å². The molecule has 0 saturated heterocycles. The van der Waals surface area contributed by atoms with E-state index in [1.807, 2.05) is 18.2 Å². The third-order valence-electron chi connectivity index (χ3n) is 3.98. The van der Waals surface area contributed by atoms with E-state index in [1.54, 1.807) is 6.07 Å². The molecule has 1 aliphatic heterocycles. The lowest BCUT2D eigenvalue weighted by atomic mass is 9.99. The van der Waals surface area contributed by atoms with Gasteiger partial charge in [0.1, 0.15) is 0 Å². The lowest BCUT2D eigenvalue weighted by Gasteiger charge is -2.25. The lowest BCUT2D eigenvalue weighted by Crippen LogP contribution is -2.26. The molecule has 0 saturated carbocycles. The lowest BCUT2D eigenvalue weighted by molar-refractivity contribution is -0.384. The van der Waals surface area contributed by atoms with Crippen molar-refractivity contribution in [2.75, 3.05) is 24.2 Å². The van der Waals surface area contributed by atoms with Crippen molar-refractivity contribution in [2.24, 2.45) is 0 Å². The molecular weight excluding hydrogens is 308 g/mol. The van der Waals surface area contributed by atoms with Crippen LogP contribution in [0.3, 0.4) is 0 Å². The van der Waals surface area contributed by atoms with Crippen molar-refractivity contribution in [2.45, 2.75) is 13.0 Å². The van der Waals surface area contributed by atoms with Gasteiger partial charge in [-0.05, 0) is 42.8 Å². The van der Waals surface area contributed by atoms with E-state index in [2.05, 4.69) is 22.6 Å². The summed E-state index contributed by atoms with van der Waals surface area (Å²) >= 11 is 0. The Kier molecular flexibility index (Phi) is 4.43. The predicted octanol–water partition coefficient (Wildman–Crippen LogP) is 3.23. The number of carbonyl (C=O) groups excluding carboxylic acids is 1. The second-order valence-corrected chi connectivity index (χ2v) is 5.86. The molecule has 0 atom stereocenters. The first kappa shape index (κ1) is 15.9. The molecule has 0 aliphatic carbocycles. The number of nitro benzene ring substituents is 1. The third-order valence-corrected chi connectivity index (χ3v) is 3.98. The Balaban J connectivity index is 1.68. The number of hydrogen-bond acceptors (Lipinski definition) is 4. The van der Waals surface area contributed by atoms with Gasteiger partial charge in [-0.15, -0.1) is 0 Å². The number of amides is 2. The highest BCUT2D eigenvalue weighted by molar-refractivity contribution is 6.00. The minimum absolute atomic E-state index is 0.0652. The van der Waals surface area contributed by atoms with Crippen LogP contribution in [0.15, 0.2) is 42.5 Å². The van der Waals surface area contributed by atoms with E-state index in [0.717, 1.165) is 19.5 Å². The fourth-order valence-corrected chi connectivity index (χ4v) is 2.77. The molecule has 2 amide bonds. The monoisotopic (exact) mass is 326 g/mol. The van der Waals surface area contributed by atoms with Gasteiger partial charge in [-0.3, -0.25) is 10.1 Å². The molecule has 3 rings (SSSR count). The van der Waals surface area contributed by atoms with Crippen molar-refractivity contribution >= 4 is 23.1 Å². The Labute approximate surface area is 139 Å². The number of fused-ring (bicyclic) bond motifs is 1. The summed E-state index contributed by atoms with van der Waals surface area (Å²) in [5.74, 6) is 0. The van der Waals surface area contributed by atoms with Gasteiger partial charge in [0.25, 0.3) is 5.69 Å². The fourth-order valence-electron chi connectivity index (χ4n) is 2.77. The molecular formula is C17H18N4O3. The molecule has 1 aliphatic rings. The van der Waals surface area contributed by atoms with Crippen LogP contribution in [0, 0.1) is 10.1 Å². The summed E-state index contributed by atoms with van der Waals surface area (Å²) in [6.07, 6.45) is 1.01. The second-order valence-electron chi connectivity index (χ2n) is 5.86. The molecule has 0 spiro atoms. The van der Waals surface area contributed by atoms with Gasteiger partial charge in [-0.25, -0.2) is 4.79 Å². The molecule has 7 heteroatoms. The van der Waals surface area contributed by atoms with Crippen LogP contribution in [-0.4, -0.2) is 29.4 Å². The number of nitro groups is 1. The van der Waals surface area contributed by atoms with Crippen molar-refractivity contribution in [3.8, 4) is 0 Å². The van der Waals surface area contributed by atoms with Gasteiger partial charge in [0.2, 0.25) is 0 Å². The first-order valence-corrected chi connectivity index (χ1v) is 7.64. The molecule has 24 heavy (non-hydrogen) atoms. The minimum atomic E-state index is -0.497. The third kappa shape index (κ3) is 3.69. The molecule has 0 unspecified atom stereocenters. The quantitative estimate of drug-likeness (QED) is 0.669. The zero-order valence-corrected chi connectivity index (χ0v) is 13.3. The summed E-state index contributed by atoms with van der Waals surface area (Å²) in [6.45, 7) is 1.89. The second kappa shape index (κ2) is 6.67. The van der Waals surface area contributed by atoms with Crippen molar-refractivity contribution in [1.29, 1.82) is 0 Å². The molecule has 2 aromatic rings. The maximum Gasteiger partial charge on any atom is 0.323 e. The summed E-state index contributed by atoms with van der Waals surface area (Å²) in [6, 6.07) is 11.3. The zero-order chi connectivity index (χ0) is 17.1. The van der Waals surface area contributed by atoms with Crippen molar-refractivity contribution in [1.82, 2.24) is 4.90 Å². The van der Waals surface area contributed by atoms with E-state index in [4.69, 9.17) is 0 Å². The number of nitrogens with one attached hydrogen (secondary N) is 2. The van der Waals surface area contributed by atoms with Gasteiger partial charge < -0.3 is 15.5 Å². The highest BCUT2D eigenvalue weighted by Gasteiger charge is 2.14. The van der Waals surface area contributed by atoms with E-state index < -0.39 is 11.0 Å². The van der Waals surface area contributed by atoms with Crippen molar-refractivity contribution in [3.63, 3.8) is 0 Å². The van der Waals surface area contributed by atoms with Crippen LogP contribution in [-0.2, 0) is 13.0 Å². The predicted molar refractivity (Wildman–Crippen MR) is 92.2 cm³/mol. The largest absolute Gasteiger partial charge is 0.323 e. The maximum absolute atomic E-state index is 12.1. The number of hydrogen-bond donors (Lipinski definition) is 2. The van der Waals surface area contributed by atoms with Crippen molar-refractivity contribution < 1.29 is 9.72 Å². The summed E-state index contributed by atoms with van der Waals surface area (Å²) in [5.41, 5.74) is 3.52. The summed E-state index contributed by atoms with van der Waals surface area (Å²) < 4.78 is 0. The molecule has 2 N–H and O–H groups in total. The number of carbonyl (C=O) groups is 1. The number of anilines is 2.